The Morgan fingerprint density at radius 1 is 1.30 bits per heavy atom. The van der Waals surface area contributed by atoms with Crippen LogP contribution in [-0.2, 0) is 11.2 Å². The minimum Gasteiger partial charge on any atom is -0.341 e. The molecule has 0 aliphatic carbocycles. The van der Waals surface area contributed by atoms with Crippen molar-refractivity contribution in [1.82, 2.24) is 4.90 Å². The Bertz CT molecular complexity index is 424. The van der Waals surface area contributed by atoms with E-state index in [2.05, 4.69) is 46.9 Å². The highest BCUT2D eigenvalue weighted by Crippen LogP contribution is 2.13. The fourth-order valence-electron chi connectivity index (χ4n) is 2.43. The third-order valence-electron chi connectivity index (χ3n) is 3.60. The Morgan fingerprint density at radius 2 is 2.00 bits per heavy atom. The second kappa shape index (κ2) is 8.85. The number of rotatable bonds is 5. The zero-order valence-corrected chi connectivity index (χ0v) is 14.5. The van der Waals surface area contributed by atoms with Gasteiger partial charge < -0.3 is 10.6 Å². The quantitative estimate of drug-likeness (QED) is 0.601. The van der Waals surface area contributed by atoms with Crippen LogP contribution in [0.4, 0.5) is 0 Å². The van der Waals surface area contributed by atoms with Crippen LogP contribution < -0.4 is 5.73 Å². The molecule has 0 bridgehead atoms. The maximum Gasteiger partial charge on any atom is 0.222 e. The van der Waals surface area contributed by atoms with Crippen molar-refractivity contribution in [3.8, 4) is 0 Å². The van der Waals surface area contributed by atoms with Gasteiger partial charge in [-0.15, -0.1) is 12.4 Å². The van der Waals surface area contributed by atoms with E-state index in [0.717, 1.165) is 38.8 Å². The molecule has 1 saturated heterocycles. The van der Waals surface area contributed by atoms with Crippen LogP contribution >= 0.6 is 35.0 Å². The van der Waals surface area contributed by atoms with E-state index in [4.69, 9.17) is 5.73 Å². The predicted molar refractivity (Wildman–Crippen MR) is 93.1 cm³/mol. The van der Waals surface area contributed by atoms with Gasteiger partial charge in [0.2, 0.25) is 5.91 Å². The molecule has 112 valence electrons. The van der Waals surface area contributed by atoms with Crippen LogP contribution in [0.5, 0.6) is 0 Å². The Morgan fingerprint density at radius 3 is 2.60 bits per heavy atom. The van der Waals surface area contributed by atoms with E-state index < -0.39 is 0 Å². The number of nitrogens with two attached hydrogens (primary N) is 1. The summed E-state index contributed by atoms with van der Waals surface area (Å²) in [5.41, 5.74) is 7.17. The second-order valence-corrected chi connectivity index (χ2v) is 6.47. The van der Waals surface area contributed by atoms with Gasteiger partial charge in [-0.1, -0.05) is 12.1 Å². The van der Waals surface area contributed by atoms with E-state index in [1.165, 1.54) is 9.13 Å². The molecule has 1 fully saturated rings. The van der Waals surface area contributed by atoms with Crippen molar-refractivity contribution in [2.45, 2.75) is 38.1 Å². The molecule has 0 saturated carbocycles. The molecule has 0 spiro atoms. The number of likely N-dealkylation sites (tertiary alicyclic amines) is 1. The third kappa shape index (κ3) is 5.58. The minimum atomic E-state index is 0. The largest absolute Gasteiger partial charge is 0.341 e. The van der Waals surface area contributed by atoms with Crippen molar-refractivity contribution in [2.24, 2.45) is 5.73 Å². The first-order valence-corrected chi connectivity index (χ1v) is 8.01. The van der Waals surface area contributed by atoms with Crippen LogP contribution in [0, 0.1) is 3.57 Å². The SMILES string of the molecule is Cl.N[C@@H]1CCN(C(=O)CCCCc2ccc(I)cc2)C1. The number of benzene rings is 1. The summed E-state index contributed by atoms with van der Waals surface area (Å²) in [6.45, 7) is 1.59. The summed E-state index contributed by atoms with van der Waals surface area (Å²) in [7, 11) is 0. The van der Waals surface area contributed by atoms with Crippen molar-refractivity contribution in [3.63, 3.8) is 0 Å². The molecular formula is C15H22ClIN2O. The van der Waals surface area contributed by atoms with Gasteiger partial charge in [-0.3, -0.25) is 4.79 Å². The van der Waals surface area contributed by atoms with Crippen molar-refractivity contribution in [3.05, 3.63) is 33.4 Å². The van der Waals surface area contributed by atoms with Crippen LogP contribution in [0.2, 0.25) is 0 Å². The Labute approximate surface area is 140 Å². The summed E-state index contributed by atoms with van der Waals surface area (Å²) < 4.78 is 1.27. The Balaban J connectivity index is 0.00000200. The molecular weight excluding hydrogens is 387 g/mol. The number of carbonyl (C=O) groups is 1. The van der Waals surface area contributed by atoms with Gasteiger partial charge in [0.1, 0.15) is 0 Å². The first-order chi connectivity index (χ1) is 9.15. The molecule has 20 heavy (non-hydrogen) atoms. The van der Waals surface area contributed by atoms with E-state index in [0.29, 0.717) is 6.42 Å². The lowest BCUT2D eigenvalue weighted by molar-refractivity contribution is -0.130. The average molecular weight is 409 g/mol. The van der Waals surface area contributed by atoms with Gasteiger partial charge >= 0.3 is 0 Å². The van der Waals surface area contributed by atoms with Gasteiger partial charge in [0.15, 0.2) is 0 Å². The second-order valence-electron chi connectivity index (χ2n) is 5.22. The van der Waals surface area contributed by atoms with Crippen molar-refractivity contribution >= 4 is 40.9 Å². The number of unbranched alkanes of at least 4 members (excludes halogenated alkanes) is 1. The molecule has 0 unspecified atom stereocenters. The lowest BCUT2D eigenvalue weighted by atomic mass is 10.1. The molecule has 1 aliphatic heterocycles. The van der Waals surface area contributed by atoms with Crippen LogP contribution in [0.15, 0.2) is 24.3 Å². The number of halogens is 2. The summed E-state index contributed by atoms with van der Waals surface area (Å²) >= 11 is 2.31. The molecule has 1 aromatic rings. The molecule has 3 nitrogen and oxygen atoms in total. The van der Waals surface area contributed by atoms with E-state index >= 15 is 0 Å². The normalized spacial score (nSPS) is 17.9. The van der Waals surface area contributed by atoms with Crippen LogP contribution in [0.1, 0.15) is 31.2 Å². The van der Waals surface area contributed by atoms with Crippen LogP contribution in [-0.4, -0.2) is 29.9 Å². The van der Waals surface area contributed by atoms with Gasteiger partial charge in [0.25, 0.3) is 0 Å². The maximum atomic E-state index is 11.9. The molecule has 1 atom stereocenters. The Hall–Kier alpha value is -0.330. The fraction of sp³-hybridized carbons (Fsp3) is 0.533. The van der Waals surface area contributed by atoms with E-state index in [1.807, 2.05) is 4.90 Å². The molecule has 0 aromatic heterocycles. The summed E-state index contributed by atoms with van der Waals surface area (Å²) in [5.74, 6) is 0.274. The number of aryl methyl sites for hydroxylation is 1. The van der Waals surface area contributed by atoms with E-state index in [-0.39, 0.29) is 24.4 Å². The highest BCUT2D eigenvalue weighted by atomic mass is 127. The van der Waals surface area contributed by atoms with Gasteiger partial charge in [-0.25, -0.2) is 0 Å². The molecule has 2 N–H and O–H groups in total. The van der Waals surface area contributed by atoms with Gasteiger partial charge in [-0.05, 0) is 66.0 Å². The predicted octanol–water partition coefficient (Wildman–Crippen LogP) is 2.99. The smallest absolute Gasteiger partial charge is 0.222 e. The van der Waals surface area contributed by atoms with Gasteiger partial charge in [-0.2, -0.15) is 0 Å². The third-order valence-corrected chi connectivity index (χ3v) is 4.32. The number of amides is 1. The first kappa shape index (κ1) is 17.7. The monoisotopic (exact) mass is 408 g/mol. The molecule has 1 heterocycles. The lowest BCUT2D eigenvalue weighted by Gasteiger charge is -2.15. The highest BCUT2D eigenvalue weighted by molar-refractivity contribution is 14.1. The van der Waals surface area contributed by atoms with Crippen LogP contribution in [0.25, 0.3) is 0 Å². The maximum absolute atomic E-state index is 11.9. The van der Waals surface area contributed by atoms with Crippen LogP contribution in [0.3, 0.4) is 0 Å². The van der Waals surface area contributed by atoms with E-state index in [1.54, 1.807) is 0 Å². The zero-order valence-electron chi connectivity index (χ0n) is 11.6. The number of carbonyl (C=O) groups excluding carboxylic acids is 1. The Kier molecular flexibility index (Phi) is 7.84. The zero-order chi connectivity index (χ0) is 13.7. The number of hydrogen-bond donors (Lipinski definition) is 1. The van der Waals surface area contributed by atoms with Crippen molar-refractivity contribution in [1.29, 1.82) is 0 Å². The summed E-state index contributed by atoms with van der Waals surface area (Å²) in [5, 5.41) is 0. The number of hydrogen-bond acceptors (Lipinski definition) is 2. The summed E-state index contributed by atoms with van der Waals surface area (Å²) in [6, 6.07) is 8.79. The summed E-state index contributed by atoms with van der Waals surface area (Å²) in [4.78, 5) is 13.8. The number of nitrogens with zero attached hydrogens (tertiary/aromatic N) is 1. The standard InChI is InChI=1S/C15H21IN2O.ClH/c16-13-7-5-12(6-8-13)3-1-2-4-15(19)18-10-9-14(17)11-18;/h5-8,14H,1-4,9-11,17H2;1H/t14-;/m1./s1. The molecule has 1 aliphatic rings. The fourth-order valence-corrected chi connectivity index (χ4v) is 2.79. The van der Waals surface area contributed by atoms with Gasteiger partial charge in [0, 0.05) is 29.1 Å². The van der Waals surface area contributed by atoms with Crippen molar-refractivity contribution < 1.29 is 4.79 Å². The molecule has 5 heteroatoms. The topological polar surface area (TPSA) is 46.3 Å². The average Bonchev–Trinajstić information content (AvgIpc) is 2.83. The molecule has 1 amide bonds. The minimum absolute atomic E-state index is 0. The van der Waals surface area contributed by atoms with Crippen molar-refractivity contribution in [2.75, 3.05) is 13.1 Å². The highest BCUT2D eigenvalue weighted by Gasteiger charge is 2.22. The lowest BCUT2D eigenvalue weighted by Crippen LogP contribution is -2.31. The molecule has 1 aromatic carbocycles. The molecule has 2 rings (SSSR count). The van der Waals surface area contributed by atoms with E-state index in [9.17, 15) is 4.79 Å². The summed E-state index contributed by atoms with van der Waals surface area (Å²) in [6.07, 6.45) is 4.72. The molecule has 0 radical (unpaired) electrons. The van der Waals surface area contributed by atoms with Gasteiger partial charge in [0.05, 0.1) is 0 Å². The first-order valence-electron chi connectivity index (χ1n) is 6.93.